The lowest BCUT2D eigenvalue weighted by atomic mass is 9.89. The molecule has 0 aliphatic rings. The molecule has 0 aliphatic heterocycles. The van der Waals surface area contributed by atoms with E-state index in [0.29, 0.717) is 44.9 Å². The van der Waals surface area contributed by atoms with Gasteiger partial charge in [-0.1, -0.05) is 12.1 Å². The highest BCUT2D eigenvalue weighted by atomic mass is 16.5. The molecular formula is C25H24O6. The molecule has 0 atom stereocenters. The lowest BCUT2D eigenvalue weighted by molar-refractivity contribution is 0.373. The van der Waals surface area contributed by atoms with Crippen molar-refractivity contribution in [2.24, 2.45) is 0 Å². The van der Waals surface area contributed by atoms with Gasteiger partial charge in [0.2, 0.25) is 0 Å². The predicted molar refractivity (Wildman–Crippen MR) is 121 cm³/mol. The molecule has 0 saturated heterocycles. The van der Waals surface area contributed by atoms with Gasteiger partial charge >= 0.3 is 0 Å². The summed E-state index contributed by atoms with van der Waals surface area (Å²) < 4.78 is 21.7. The molecule has 2 N–H and O–H groups in total. The SMILES string of the molecule is COc1ccc(-c2c(O)c3cc(OC)cc(OC)c3c3c(C)c(O)c(OC)cc23)cc1. The standard InChI is InChI=1S/C25H24O6/c1-13-21-17(12-20(31-5)24(13)26)22(14-6-8-15(28-2)9-7-14)25(27)18-10-16(29-3)11-19(30-4)23(18)21/h6-12,26-27H,1-5H3. The molecule has 0 saturated carbocycles. The van der Waals surface area contributed by atoms with Crippen molar-refractivity contribution in [1.82, 2.24) is 0 Å². The smallest absolute Gasteiger partial charge is 0.161 e. The van der Waals surface area contributed by atoms with Gasteiger partial charge in [0, 0.05) is 33.4 Å². The molecule has 4 rings (SSSR count). The Kier molecular flexibility index (Phi) is 5.15. The topological polar surface area (TPSA) is 77.4 Å². The Balaban J connectivity index is 2.27. The highest BCUT2D eigenvalue weighted by molar-refractivity contribution is 6.21. The quantitative estimate of drug-likeness (QED) is 0.420. The molecule has 160 valence electrons. The van der Waals surface area contributed by atoms with E-state index in [1.54, 1.807) is 39.5 Å². The van der Waals surface area contributed by atoms with Crippen LogP contribution in [0.4, 0.5) is 0 Å². The maximum absolute atomic E-state index is 11.4. The largest absolute Gasteiger partial charge is 0.507 e. The van der Waals surface area contributed by atoms with Crippen molar-refractivity contribution < 1.29 is 29.2 Å². The fourth-order valence-corrected chi connectivity index (χ4v) is 4.08. The van der Waals surface area contributed by atoms with Crippen molar-refractivity contribution in [3.63, 3.8) is 0 Å². The van der Waals surface area contributed by atoms with Gasteiger partial charge in [-0.3, -0.25) is 0 Å². The third-order valence-electron chi connectivity index (χ3n) is 5.65. The van der Waals surface area contributed by atoms with Gasteiger partial charge in [-0.15, -0.1) is 0 Å². The number of aromatic hydroxyl groups is 2. The molecule has 0 aromatic heterocycles. The van der Waals surface area contributed by atoms with E-state index in [2.05, 4.69) is 0 Å². The molecule has 31 heavy (non-hydrogen) atoms. The van der Waals surface area contributed by atoms with Crippen LogP contribution < -0.4 is 18.9 Å². The summed E-state index contributed by atoms with van der Waals surface area (Å²) in [6.07, 6.45) is 0. The van der Waals surface area contributed by atoms with Gasteiger partial charge in [0.25, 0.3) is 0 Å². The minimum absolute atomic E-state index is 0.0422. The minimum Gasteiger partial charge on any atom is -0.507 e. The third kappa shape index (κ3) is 3.11. The van der Waals surface area contributed by atoms with Gasteiger partial charge < -0.3 is 29.2 Å². The van der Waals surface area contributed by atoms with Crippen LogP contribution in [0.3, 0.4) is 0 Å². The Labute approximate surface area is 180 Å². The molecule has 0 unspecified atom stereocenters. The molecule has 0 amide bonds. The van der Waals surface area contributed by atoms with E-state index in [-0.39, 0.29) is 11.5 Å². The van der Waals surface area contributed by atoms with Gasteiger partial charge in [-0.25, -0.2) is 0 Å². The predicted octanol–water partition coefficient (Wildman–Crippen LogP) is 5.41. The fraction of sp³-hybridized carbons (Fsp3) is 0.200. The summed E-state index contributed by atoms with van der Waals surface area (Å²) in [5.41, 5.74) is 2.03. The molecule has 0 spiro atoms. The van der Waals surface area contributed by atoms with Crippen molar-refractivity contribution in [2.45, 2.75) is 6.92 Å². The number of hydrogen-bond donors (Lipinski definition) is 2. The fourth-order valence-electron chi connectivity index (χ4n) is 4.08. The van der Waals surface area contributed by atoms with Crippen LogP contribution in [0.1, 0.15) is 5.56 Å². The summed E-state index contributed by atoms with van der Waals surface area (Å²) in [7, 11) is 6.23. The zero-order valence-corrected chi connectivity index (χ0v) is 18.1. The summed E-state index contributed by atoms with van der Waals surface area (Å²) >= 11 is 0. The van der Waals surface area contributed by atoms with E-state index >= 15 is 0 Å². The first-order chi connectivity index (χ1) is 14.9. The summed E-state index contributed by atoms with van der Waals surface area (Å²) in [6, 6.07) is 12.7. The normalized spacial score (nSPS) is 11.0. The lowest BCUT2D eigenvalue weighted by Gasteiger charge is -2.20. The zero-order valence-electron chi connectivity index (χ0n) is 18.1. The number of ether oxygens (including phenoxy) is 4. The molecule has 4 aromatic rings. The highest BCUT2D eigenvalue weighted by Gasteiger charge is 2.23. The van der Waals surface area contributed by atoms with Crippen molar-refractivity contribution in [1.29, 1.82) is 0 Å². The summed E-state index contributed by atoms with van der Waals surface area (Å²) in [6.45, 7) is 1.82. The first kappa shape index (κ1) is 20.5. The number of fused-ring (bicyclic) bond motifs is 3. The van der Waals surface area contributed by atoms with E-state index in [1.807, 2.05) is 31.2 Å². The molecule has 6 nitrogen and oxygen atoms in total. The van der Waals surface area contributed by atoms with Crippen molar-refractivity contribution in [3.8, 4) is 45.6 Å². The van der Waals surface area contributed by atoms with Crippen LogP contribution in [0.2, 0.25) is 0 Å². The number of methoxy groups -OCH3 is 4. The number of benzene rings is 4. The second-order valence-electron chi connectivity index (χ2n) is 7.18. The molecule has 0 heterocycles. The molecule has 0 aliphatic carbocycles. The first-order valence-corrected chi connectivity index (χ1v) is 9.70. The van der Waals surface area contributed by atoms with E-state index < -0.39 is 0 Å². The average molecular weight is 420 g/mol. The van der Waals surface area contributed by atoms with Gasteiger partial charge in [-0.05, 0) is 42.1 Å². The Morgan fingerprint density at radius 1 is 0.613 bits per heavy atom. The number of phenolic OH excluding ortho intramolecular Hbond substituents is 2. The second kappa shape index (κ2) is 7.80. The number of rotatable bonds is 5. The maximum atomic E-state index is 11.4. The van der Waals surface area contributed by atoms with Crippen LogP contribution in [0.25, 0.3) is 32.7 Å². The van der Waals surface area contributed by atoms with E-state index in [0.717, 1.165) is 16.3 Å². The van der Waals surface area contributed by atoms with E-state index in [4.69, 9.17) is 18.9 Å². The molecule has 0 fully saturated rings. The van der Waals surface area contributed by atoms with Crippen molar-refractivity contribution in [3.05, 3.63) is 48.0 Å². The summed E-state index contributed by atoms with van der Waals surface area (Å²) in [5, 5.41) is 24.9. The molecule has 0 bridgehead atoms. The van der Waals surface area contributed by atoms with Gasteiger partial charge in [0.1, 0.15) is 23.0 Å². The molecule has 6 heteroatoms. The minimum atomic E-state index is 0.0422. The Morgan fingerprint density at radius 2 is 1.26 bits per heavy atom. The van der Waals surface area contributed by atoms with Crippen molar-refractivity contribution >= 4 is 21.5 Å². The van der Waals surface area contributed by atoms with Gasteiger partial charge in [-0.2, -0.15) is 0 Å². The van der Waals surface area contributed by atoms with Crippen LogP contribution in [0.5, 0.6) is 34.5 Å². The Hall–Kier alpha value is -3.80. The second-order valence-corrected chi connectivity index (χ2v) is 7.18. The molecular weight excluding hydrogens is 396 g/mol. The Bertz CT molecular complexity index is 1290. The van der Waals surface area contributed by atoms with Crippen LogP contribution in [-0.2, 0) is 0 Å². The van der Waals surface area contributed by atoms with E-state index in [1.165, 1.54) is 7.11 Å². The van der Waals surface area contributed by atoms with Crippen LogP contribution in [-0.4, -0.2) is 38.7 Å². The van der Waals surface area contributed by atoms with Gasteiger partial charge in [0.05, 0.1) is 28.4 Å². The van der Waals surface area contributed by atoms with Crippen LogP contribution in [0, 0.1) is 6.92 Å². The average Bonchev–Trinajstić information content (AvgIpc) is 2.80. The summed E-state index contributed by atoms with van der Waals surface area (Å²) in [4.78, 5) is 0. The van der Waals surface area contributed by atoms with Crippen LogP contribution in [0.15, 0.2) is 42.5 Å². The Morgan fingerprint density at radius 3 is 1.84 bits per heavy atom. The monoisotopic (exact) mass is 420 g/mol. The highest BCUT2D eigenvalue weighted by Crippen LogP contribution is 2.51. The van der Waals surface area contributed by atoms with Crippen molar-refractivity contribution in [2.75, 3.05) is 28.4 Å². The lowest BCUT2D eigenvalue weighted by Crippen LogP contribution is -1.96. The third-order valence-corrected chi connectivity index (χ3v) is 5.65. The van der Waals surface area contributed by atoms with Gasteiger partial charge in [0.15, 0.2) is 11.5 Å². The molecule has 0 radical (unpaired) electrons. The number of aryl methyl sites for hydroxylation is 1. The summed E-state index contributed by atoms with van der Waals surface area (Å²) in [5.74, 6) is 2.24. The molecule has 4 aromatic carbocycles. The maximum Gasteiger partial charge on any atom is 0.161 e. The number of hydrogen-bond acceptors (Lipinski definition) is 6. The zero-order chi connectivity index (χ0) is 22.3. The first-order valence-electron chi connectivity index (χ1n) is 9.70. The van der Waals surface area contributed by atoms with Crippen LogP contribution >= 0.6 is 0 Å². The van der Waals surface area contributed by atoms with E-state index in [9.17, 15) is 10.2 Å². The number of phenols is 2.